The van der Waals surface area contributed by atoms with Gasteiger partial charge in [0, 0.05) is 30.3 Å². The molecule has 0 unspecified atom stereocenters. The first-order chi connectivity index (χ1) is 12.7. The van der Waals surface area contributed by atoms with Gasteiger partial charge >= 0.3 is 0 Å². The van der Waals surface area contributed by atoms with Gasteiger partial charge in [0.1, 0.15) is 0 Å². The quantitative estimate of drug-likeness (QED) is 0.695. The van der Waals surface area contributed by atoms with Crippen molar-refractivity contribution in [2.75, 3.05) is 18.9 Å². The molecule has 26 heavy (non-hydrogen) atoms. The highest BCUT2D eigenvalue weighted by Gasteiger charge is 2.18. The van der Waals surface area contributed by atoms with Crippen LogP contribution in [-0.2, 0) is 16.1 Å². The molecule has 2 heterocycles. The molecule has 8 heteroatoms. The van der Waals surface area contributed by atoms with Crippen LogP contribution in [0.15, 0.2) is 29.4 Å². The number of thioether (sulfide) groups is 1. The fourth-order valence-corrected chi connectivity index (χ4v) is 3.77. The summed E-state index contributed by atoms with van der Waals surface area (Å²) in [5, 5.41) is 13.0. The van der Waals surface area contributed by atoms with E-state index in [2.05, 4.69) is 27.0 Å². The van der Waals surface area contributed by atoms with Crippen LogP contribution in [-0.4, -0.2) is 45.7 Å². The average Bonchev–Trinajstić information content (AvgIpc) is 3.29. The van der Waals surface area contributed by atoms with Gasteiger partial charge in [0.05, 0.1) is 11.9 Å². The van der Waals surface area contributed by atoms with Gasteiger partial charge in [-0.15, -0.1) is 10.2 Å². The van der Waals surface area contributed by atoms with Crippen molar-refractivity contribution in [1.29, 1.82) is 0 Å². The zero-order chi connectivity index (χ0) is 18.4. The van der Waals surface area contributed by atoms with E-state index in [1.165, 1.54) is 11.8 Å². The fraction of sp³-hybridized carbons (Fsp3) is 0.500. The number of halogens is 1. The second-order valence-corrected chi connectivity index (χ2v) is 7.57. The van der Waals surface area contributed by atoms with Crippen LogP contribution in [0, 0.1) is 0 Å². The molecular weight excluding hydrogens is 372 g/mol. The molecule has 0 aliphatic carbocycles. The first kappa shape index (κ1) is 19.2. The Kier molecular flexibility index (Phi) is 6.93. The Balaban J connectivity index is 1.61. The molecule has 1 aliphatic heterocycles. The lowest BCUT2D eigenvalue weighted by molar-refractivity contribution is -0.119. The number of carbonyl (C=O) groups is 1. The van der Waals surface area contributed by atoms with Gasteiger partial charge in [0.25, 0.3) is 0 Å². The van der Waals surface area contributed by atoms with Crippen LogP contribution in [0.5, 0.6) is 0 Å². The zero-order valence-electron chi connectivity index (χ0n) is 14.8. The summed E-state index contributed by atoms with van der Waals surface area (Å²) in [4.78, 5) is 12.1. The minimum atomic E-state index is -0.00964. The molecule has 1 N–H and O–H groups in total. The number of carbonyl (C=O) groups excluding carboxylic acids is 1. The number of aromatic nitrogens is 3. The molecule has 1 saturated heterocycles. The predicted molar refractivity (Wildman–Crippen MR) is 103 cm³/mol. The minimum absolute atomic E-state index is 0.00964. The maximum Gasteiger partial charge on any atom is 0.230 e. The highest BCUT2D eigenvalue weighted by molar-refractivity contribution is 7.99. The van der Waals surface area contributed by atoms with Gasteiger partial charge in [0.2, 0.25) is 5.91 Å². The highest BCUT2D eigenvalue weighted by atomic mass is 35.5. The minimum Gasteiger partial charge on any atom is -0.376 e. The maximum absolute atomic E-state index is 12.1. The monoisotopic (exact) mass is 394 g/mol. The number of nitrogens with one attached hydrogen (secondary N) is 1. The maximum atomic E-state index is 12.1. The molecule has 1 atom stereocenters. The van der Waals surface area contributed by atoms with E-state index in [0.29, 0.717) is 17.3 Å². The fourth-order valence-electron chi connectivity index (χ4n) is 2.85. The number of nitrogens with zero attached hydrogens (tertiary/aromatic N) is 3. The molecular formula is C18H23ClN4O2S. The summed E-state index contributed by atoms with van der Waals surface area (Å²) in [6.07, 6.45) is 3.20. The molecule has 1 amide bonds. The molecule has 1 aromatic heterocycles. The molecule has 0 bridgehead atoms. The van der Waals surface area contributed by atoms with Crippen LogP contribution in [0.25, 0.3) is 11.4 Å². The second-order valence-electron chi connectivity index (χ2n) is 6.19. The van der Waals surface area contributed by atoms with Crippen LogP contribution < -0.4 is 5.32 Å². The Morgan fingerprint density at radius 2 is 2.19 bits per heavy atom. The van der Waals surface area contributed by atoms with Crippen molar-refractivity contribution < 1.29 is 9.53 Å². The van der Waals surface area contributed by atoms with Crippen LogP contribution in [0.3, 0.4) is 0 Å². The Hall–Kier alpha value is -1.57. The second kappa shape index (κ2) is 9.39. The molecule has 2 aromatic rings. The predicted octanol–water partition coefficient (Wildman–Crippen LogP) is 3.40. The Labute approximate surface area is 162 Å². The molecule has 1 aliphatic rings. The van der Waals surface area contributed by atoms with Gasteiger partial charge in [0.15, 0.2) is 11.0 Å². The highest BCUT2D eigenvalue weighted by Crippen LogP contribution is 2.25. The van der Waals surface area contributed by atoms with Crippen molar-refractivity contribution in [2.24, 2.45) is 0 Å². The van der Waals surface area contributed by atoms with E-state index in [1.807, 2.05) is 24.3 Å². The topological polar surface area (TPSA) is 69.0 Å². The van der Waals surface area contributed by atoms with E-state index in [9.17, 15) is 4.79 Å². The SMILES string of the molecule is CCCn1c(SCC(=O)NC[C@H]2CCCO2)nnc1-c1ccc(Cl)cc1. The largest absolute Gasteiger partial charge is 0.376 e. The molecule has 140 valence electrons. The normalized spacial score (nSPS) is 16.8. The number of rotatable bonds is 8. The van der Waals surface area contributed by atoms with Crippen molar-refractivity contribution in [2.45, 2.75) is 44.0 Å². The van der Waals surface area contributed by atoms with Gasteiger partial charge in [-0.05, 0) is 43.5 Å². The van der Waals surface area contributed by atoms with Crippen molar-refractivity contribution in [3.63, 3.8) is 0 Å². The Morgan fingerprint density at radius 3 is 2.88 bits per heavy atom. The Bertz CT molecular complexity index is 729. The van der Waals surface area contributed by atoms with Crippen molar-refractivity contribution in [3.8, 4) is 11.4 Å². The van der Waals surface area contributed by atoms with E-state index in [4.69, 9.17) is 16.3 Å². The van der Waals surface area contributed by atoms with E-state index in [-0.39, 0.29) is 12.0 Å². The summed E-state index contributed by atoms with van der Waals surface area (Å²) in [6, 6.07) is 7.54. The van der Waals surface area contributed by atoms with Gasteiger partial charge in [-0.3, -0.25) is 4.79 Å². The first-order valence-corrected chi connectivity index (χ1v) is 10.2. The van der Waals surface area contributed by atoms with E-state index < -0.39 is 0 Å². The molecule has 1 fully saturated rings. The summed E-state index contributed by atoms with van der Waals surface area (Å²) in [7, 11) is 0. The van der Waals surface area contributed by atoms with Crippen LogP contribution in [0.2, 0.25) is 5.02 Å². The van der Waals surface area contributed by atoms with Crippen LogP contribution >= 0.6 is 23.4 Å². The average molecular weight is 395 g/mol. The van der Waals surface area contributed by atoms with Crippen LogP contribution in [0.4, 0.5) is 0 Å². The van der Waals surface area contributed by atoms with Crippen LogP contribution in [0.1, 0.15) is 26.2 Å². The molecule has 1 aromatic carbocycles. The number of benzene rings is 1. The molecule has 0 spiro atoms. The van der Waals surface area contributed by atoms with Crippen molar-refractivity contribution >= 4 is 29.3 Å². The van der Waals surface area contributed by atoms with E-state index >= 15 is 0 Å². The standard InChI is InChI=1S/C18H23ClN4O2S/c1-2-9-23-17(13-5-7-14(19)8-6-13)21-22-18(23)26-12-16(24)20-11-15-4-3-10-25-15/h5-8,15H,2-4,9-12H2,1H3,(H,20,24)/t15-/m1/s1. The van der Waals surface area contributed by atoms with Gasteiger partial charge in [-0.25, -0.2) is 0 Å². The lowest BCUT2D eigenvalue weighted by atomic mass is 10.2. The summed E-state index contributed by atoms with van der Waals surface area (Å²) in [6.45, 7) is 4.28. The van der Waals surface area contributed by atoms with E-state index in [1.54, 1.807) is 0 Å². The third-order valence-corrected chi connectivity index (χ3v) is 5.37. The number of hydrogen-bond donors (Lipinski definition) is 1. The molecule has 6 nitrogen and oxygen atoms in total. The molecule has 3 rings (SSSR count). The zero-order valence-corrected chi connectivity index (χ0v) is 16.4. The summed E-state index contributed by atoms with van der Waals surface area (Å²) in [5.74, 6) is 1.10. The summed E-state index contributed by atoms with van der Waals surface area (Å²) < 4.78 is 7.58. The number of amides is 1. The number of hydrogen-bond acceptors (Lipinski definition) is 5. The Morgan fingerprint density at radius 1 is 1.38 bits per heavy atom. The van der Waals surface area contributed by atoms with Gasteiger partial charge in [-0.1, -0.05) is 30.3 Å². The number of ether oxygens (including phenoxy) is 1. The molecule has 0 radical (unpaired) electrons. The third-order valence-electron chi connectivity index (χ3n) is 4.15. The third kappa shape index (κ3) is 4.99. The summed E-state index contributed by atoms with van der Waals surface area (Å²) >= 11 is 7.37. The smallest absolute Gasteiger partial charge is 0.230 e. The lowest BCUT2D eigenvalue weighted by Gasteiger charge is -2.11. The van der Waals surface area contributed by atoms with Crippen molar-refractivity contribution in [3.05, 3.63) is 29.3 Å². The lowest BCUT2D eigenvalue weighted by Crippen LogP contribution is -2.32. The molecule has 0 saturated carbocycles. The van der Waals surface area contributed by atoms with Crippen molar-refractivity contribution in [1.82, 2.24) is 20.1 Å². The van der Waals surface area contributed by atoms with Gasteiger partial charge in [-0.2, -0.15) is 0 Å². The van der Waals surface area contributed by atoms with E-state index in [0.717, 1.165) is 49.0 Å². The summed E-state index contributed by atoms with van der Waals surface area (Å²) in [5.41, 5.74) is 0.963. The first-order valence-electron chi connectivity index (χ1n) is 8.87. The van der Waals surface area contributed by atoms with Gasteiger partial charge < -0.3 is 14.6 Å².